The summed E-state index contributed by atoms with van der Waals surface area (Å²) in [6, 6.07) is 9.82. The van der Waals surface area contributed by atoms with Crippen LogP contribution in [-0.4, -0.2) is 61.7 Å². The highest BCUT2D eigenvalue weighted by molar-refractivity contribution is 5.39. The van der Waals surface area contributed by atoms with Gasteiger partial charge in [-0.25, -0.2) is 0 Å². The molecule has 0 radical (unpaired) electrons. The number of para-hydroxylation sites is 1. The molecule has 0 saturated carbocycles. The highest BCUT2D eigenvalue weighted by atomic mass is 16.5. The van der Waals surface area contributed by atoms with Crippen molar-refractivity contribution in [1.29, 1.82) is 0 Å². The first-order chi connectivity index (χ1) is 10.2. The third-order valence-electron chi connectivity index (χ3n) is 4.78. The van der Waals surface area contributed by atoms with E-state index in [1.54, 1.807) is 0 Å². The van der Waals surface area contributed by atoms with E-state index in [1.165, 1.54) is 5.56 Å². The molecule has 0 amide bonds. The summed E-state index contributed by atoms with van der Waals surface area (Å²) in [5, 5.41) is 3.68. The van der Waals surface area contributed by atoms with Gasteiger partial charge in [-0.2, -0.15) is 0 Å². The molecule has 3 unspecified atom stereocenters. The number of hydrogen-bond acceptors (Lipinski definition) is 4. The van der Waals surface area contributed by atoms with Crippen molar-refractivity contribution in [1.82, 2.24) is 15.1 Å². The molecule has 2 aliphatic rings. The Morgan fingerprint density at radius 2 is 2.10 bits per heavy atom. The minimum atomic E-state index is 0.366. The molecule has 0 aliphatic carbocycles. The molecule has 4 nitrogen and oxygen atoms in total. The van der Waals surface area contributed by atoms with Crippen LogP contribution in [0.2, 0.25) is 0 Å². The third kappa shape index (κ3) is 2.93. The SMILES string of the molecule is CCNC1c2ccccc2OCC1N1CCN(C)CC1C. The van der Waals surface area contributed by atoms with E-state index in [9.17, 15) is 0 Å². The zero-order chi connectivity index (χ0) is 14.8. The molecule has 21 heavy (non-hydrogen) atoms. The molecule has 0 bridgehead atoms. The van der Waals surface area contributed by atoms with E-state index in [4.69, 9.17) is 4.74 Å². The van der Waals surface area contributed by atoms with Crippen molar-refractivity contribution in [3.8, 4) is 5.75 Å². The Kier molecular flexibility index (Phi) is 4.48. The Hall–Kier alpha value is -1.10. The fourth-order valence-corrected chi connectivity index (χ4v) is 3.75. The second-order valence-corrected chi connectivity index (χ2v) is 6.30. The fourth-order valence-electron chi connectivity index (χ4n) is 3.75. The third-order valence-corrected chi connectivity index (χ3v) is 4.78. The quantitative estimate of drug-likeness (QED) is 0.917. The molecule has 0 spiro atoms. The molecule has 1 aromatic rings. The summed E-state index contributed by atoms with van der Waals surface area (Å²) in [4.78, 5) is 5.05. The summed E-state index contributed by atoms with van der Waals surface area (Å²) in [6.07, 6.45) is 0. The summed E-state index contributed by atoms with van der Waals surface area (Å²) in [7, 11) is 2.21. The van der Waals surface area contributed by atoms with Crippen molar-refractivity contribution in [3.63, 3.8) is 0 Å². The Balaban J connectivity index is 1.85. The van der Waals surface area contributed by atoms with E-state index in [0.717, 1.165) is 38.5 Å². The fraction of sp³-hybridized carbons (Fsp3) is 0.647. The zero-order valence-corrected chi connectivity index (χ0v) is 13.4. The summed E-state index contributed by atoms with van der Waals surface area (Å²) in [6.45, 7) is 9.68. The summed E-state index contributed by atoms with van der Waals surface area (Å²) < 4.78 is 6.05. The minimum absolute atomic E-state index is 0.366. The largest absolute Gasteiger partial charge is 0.492 e. The lowest BCUT2D eigenvalue weighted by molar-refractivity contribution is 0.0142. The van der Waals surface area contributed by atoms with Gasteiger partial charge in [-0.15, -0.1) is 0 Å². The highest BCUT2D eigenvalue weighted by Crippen LogP contribution is 2.35. The van der Waals surface area contributed by atoms with Crippen LogP contribution in [0, 0.1) is 0 Å². The van der Waals surface area contributed by atoms with Crippen LogP contribution < -0.4 is 10.1 Å². The van der Waals surface area contributed by atoms with Crippen molar-refractivity contribution in [2.75, 3.05) is 39.8 Å². The van der Waals surface area contributed by atoms with Crippen LogP contribution >= 0.6 is 0 Å². The first-order valence-corrected chi connectivity index (χ1v) is 8.10. The van der Waals surface area contributed by atoms with Crippen LogP contribution in [0.4, 0.5) is 0 Å². The topological polar surface area (TPSA) is 27.7 Å². The molecule has 2 heterocycles. The van der Waals surface area contributed by atoms with Crippen molar-refractivity contribution >= 4 is 0 Å². The Morgan fingerprint density at radius 1 is 1.29 bits per heavy atom. The average Bonchev–Trinajstić information content (AvgIpc) is 2.48. The molecule has 1 fully saturated rings. The van der Waals surface area contributed by atoms with Gasteiger partial charge in [0.15, 0.2) is 0 Å². The van der Waals surface area contributed by atoms with Gasteiger partial charge in [-0.3, -0.25) is 4.90 Å². The highest BCUT2D eigenvalue weighted by Gasteiger charge is 2.37. The lowest BCUT2D eigenvalue weighted by atomic mass is 9.93. The van der Waals surface area contributed by atoms with E-state index in [0.29, 0.717) is 18.1 Å². The van der Waals surface area contributed by atoms with Gasteiger partial charge in [0.1, 0.15) is 12.4 Å². The van der Waals surface area contributed by atoms with Gasteiger partial charge >= 0.3 is 0 Å². The van der Waals surface area contributed by atoms with Crippen molar-refractivity contribution in [2.24, 2.45) is 0 Å². The minimum Gasteiger partial charge on any atom is -0.492 e. The molecular weight excluding hydrogens is 262 g/mol. The van der Waals surface area contributed by atoms with Gasteiger partial charge < -0.3 is 15.0 Å². The Morgan fingerprint density at radius 3 is 2.86 bits per heavy atom. The van der Waals surface area contributed by atoms with Gasteiger partial charge in [0.25, 0.3) is 0 Å². The van der Waals surface area contributed by atoms with Crippen LogP contribution in [-0.2, 0) is 0 Å². The van der Waals surface area contributed by atoms with Gasteiger partial charge in [-0.05, 0) is 26.6 Å². The van der Waals surface area contributed by atoms with E-state index >= 15 is 0 Å². The van der Waals surface area contributed by atoms with E-state index in [1.807, 2.05) is 0 Å². The number of nitrogens with zero attached hydrogens (tertiary/aromatic N) is 2. The first-order valence-electron chi connectivity index (χ1n) is 8.10. The summed E-state index contributed by atoms with van der Waals surface area (Å²) in [5.41, 5.74) is 1.31. The predicted octanol–water partition coefficient (Wildman–Crippen LogP) is 1.73. The average molecular weight is 289 g/mol. The van der Waals surface area contributed by atoms with Crippen molar-refractivity contribution in [2.45, 2.75) is 32.0 Å². The second-order valence-electron chi connectivity index (χ2n) is 6.30. The summed E-state index contributed by atoms with van der Waals surface area (Å²) in [5.74, 6) is 1.04. The predicted molar refractivity (Wildman–Crippen MR) is 85.8 cm³/mol. The lowest BCUT2D eigenvalue weighted by Gasteiger charge is -2.47. The maximum atomic E-state index is 6.05. The smallest absolute Gasteiger partial charge is 0.124 e. The molecular formula is C17H27N3O. The number of piperazine rings is 1. The monoisotopic (exact) mass is 289 g/mol. The molecule has 1 saturated heterocycles. The summed E-state index contributed by atoms with van der Waals surface area (Å²) >= 11 is 0. The van der Waals surface area contributed by atoms with E-state index in [-0.39, 0.29) is 0 Å². The molecule has 4 heteroatoms. The Bertz CT molecular complexity index is 479. The second kappa shape index (κ2) is 6.34. The molecule has 3 atom stereocenters. The van der Waals surface area contributed by atoms with Gasteiger partial charge in [0, 0.05) is 31.2 Å². The van der Waals surface area contributed by atoms with Crippen LogP contribution in [0.1, 0.15) is 25.5 Å². The molecule has 2 aliphatic heterocycles. The van der Waals surface area contributed by atoms with Crippen LogP contribution in [0.15, 0.2) is 24.3 Å². The number of benzene rings is 1. The van der Waals surface area contributed by atoms with Crippen LogP contribution in [0.25, 0.3) is 0 Å². The number of fused-ring (bicyclic) bond motifs is 1. The Labute approximate surface area is 128 Å². The maximum absolute atomic E-state index is 6.05. The number of likely N-dealkylation sites (N-methyl/N-ethyl adjacent to an activating group) is 2. The number of nitrogens with one attached hydrogen (secondary N) is 1. The van der Waals surface area contributed by atoms with Crippen molar-refractivity contribution < 1.29 is 4.74 Å². The maximum Gasteiger partial charge on any atom is 0.124 e. The number of ether oxygens (including phenoxy) is 1. The standard InChI is InChI=1S/C17H27N3O/c1-4-18-17-14-7-5-6-8-16(14)21-12-15(17)20-10-9-19(3)11-13(20)2/h5-8,13,15,17-18H,4,9-12H2,1-3H3. The number of rotatable bonds is 3. The van der Waals surface area contributed by atoms with Gasteiger partial charge in [0.05, 0.1) is 12.1 Å². The molecule has 0 aromatic heterocycles. The van der Waals surface area contributed by atoms with E-state index in [2.05, 4.69) is 60.3 Å². The van der Waals surface area contributed by atoms with Gasteiger partial charge in [-0.1, -0.05) is 25.1 Å². The van der Waals surface area contributed by atoms with Crippen LogP contribution in [0.5, 0.6) is 5.75 Å². The molecule has 1 aromatic carbocycles. The van der Waals surface area contributed by atoms with Crippen molar-refractivity contribution in [3.05, 3.63) is 29.8 Å². The normalized spacial score (nSPS) is 30.7. The van der Waals surface area contributed by atoms with E-state index < -0.39 is 0 Å². The first kappa shape index (κ1) is 14.8. The number of hydrogen-bond donors (Lipinski definition) is 1. The van der Waals surface area contributed by atoms with Crippen LogP contribution in [0.3, 0.4) is 0 Å². The zero-order valence-electron chi connectivity index (χ0n) is 13.4. The van der Waals surface area contributed by atoms with Gasteiger partial charge in [0.2, 0.25) is 0 Å². The molecule has 116 valence electrons. The lowest BCUT2D eigenvalue weighted by Crippen LogP contribution is -2.59. The molecule has 1 N–H and O–H groups in total. The molecule has 3 rings (SSSR count).